The largest absolute Gasteiger partial charge is 0.435 e. The van der Waals surface area contributed by atoms with Crippen LogP contribution >= 0.6 is 12.4 Å². The molecular formula is C12H17ClF3N5. The molecule has 0 saturated carbocycles. The van der Waals surface area contributed by atoms with Gasteiger partial charge in [-0.3, -0.25) is 9.36 Å². The molecule has 0 saturated heterocycles. The third-order valence-corrected chi connectivity index (χ3v) is 2.98. The molecule has 9 heteroatoms. The van der Waals surface area contributed by atoms with Gasteiger partial charge in [-0.25, -0.2) is 0 Å². The fourth-order valence-electron chi connectivity index (χ4n) is 1.92. The Hall–Kier alpha value is -1.54. The lowest BCUT2D eigenvalue weighted by Crippen LogP contribution is -2.17. The summed E-state index contributed by atoms with van der Waals surface area (Å²) in [4.78, 5) is 0. The first kappa shape index (κ1) is 17.5. The lowest BCUT2D eigenvalue weighted by Gasteiger charge is -2.06. The Morgan fingerprint density at radius 3 is 2.48 bits per heavy atom. The summed E-state index contributed by atoms with van der Waals surface area (Å²) in [5.74, 6) is 0. The van der Waals surface area contributed by atoms with Crippen molar-refractivity contribution in [1.29, 1.82) is 0 Å². The van der Waals surface area contributed by atoms with Gasteiger partial charge in [0, 0.05) is 32.9 Å². The van der Waals surface area contributed by atoms with Crippen molar-refractivity contribution >= 4 is 12.4 Å². The Morgan fingerprint density at radius 2 is 1.90 bits per heavy atom. The number of hydrogen-bond acceptors (Lipinski definition) is 3. The van der Waals surface area contributed by atoms with Gasteiger partial charge in [-0.1, -0.05) is 0 Å². The molecule has 2 rings (SSSR count). The van der Waals surface area contributed by atoms with Crippen molar-refractivity contribution in [2.75, 3.05) is 0 Å². The van der Waals surface area contributed by atoms with Crippen molar-refractivity contribution in [1.82, 2.24) is 24.9 Å². The summed E-state index contributed by atoms with van der Waals surface area (Å²) in [7, 11) is 1.50. The highest BCUT2D eigenvalue weighted by atomic mass is 35.5. The van der Waals surface area contributed by atoms with Crippen LogP contribution in [0.15, 0.2) is 18.3 Å². The highest BCUT2D eigenvalue weighted by Crippen LogP contribution is 2.28. The van der Waals surface area contributed by atoms with Crippen LogP contribution in [0.25, 0.3) is 0 Å². The number of nitrogens with one attached hydrogen (secondary N) is 1. The average Bonchev–Trinajstić information content (AvgIpc) is 2.96. The molecule has 0 atom stereocenters. The Morgan fingerprint density at radius 1 is 1.24 bits per heavy atom. The zero-order valence-electron chi connectivity index (χ0n) is 11.7. The summed E-state index contributed by atoms with van der Waals surface area (Å²) < 4.78 is 40.6. The molecule has 2 heterocycles. The van der Waals surface area contributed by atoms with Gasteiger partial charge in [-0.2, -0.15) is 23.4 Å². The van der Waals surface area contributed by atoms with E-state index < -0.39 is 11.9 Å². The van der Waals surface area contributed by atoms with Crippen LogP contribution in [0, 0.1) is 0 Å². The van der Waals surface area contributed by atoms with E-state index >= 15 is 0 Å². The second-order valence-corrected chi connectivity index (χ2v) is 4.38. The summed E-state index contributed by atoms with van der Waals surface area (Å²) in [5.41, 5.74) is 0.612. The minimum absolute atomic E-state index is 0. The topological polar surface area (TPSA) is 47.7 Å². The zero-order valence-corrected chi connectivity index (χ0v) is 12.5. The number of nitrogens with zero attached hydrogens (tertiary/aromatic N) is 4. The molecule has 118 valence electrons. The molecule has 0 aromatic carbocycles. The van der Waals surface area contributed by atoms with Gasteiger partial charge in [0.25, 0.3) is 0 Å². The van der Waals surface area contributed by atoms with Crippen molar-refractivity contribution in [2.45, 2.75) is 32.7 Å². The molecule has 0 aliphatic heterocycles. The summed E-state index contributed by atoms with van der Waals surface area (Å²) >= 11 is 0. The first-order valence-corrected chi connectivity index (χ1v) is 6.23. The van der Waals surface area contributed by atoms with Crippen LogP contribution < -0.4 is 5.32 Å². The summed E-state index contributed by atoms with van der Waals surface area (Å²) in [6.07, 6.45) is -2.71. The molecule has 5 nitrogen and oxygen atoms in total. The zero-order chi connectivity index (χ0) is 14.8. The van der Waals surface area contributed by atoms with Gasteiger partial charge in [-0.05, 0) is 19.1 Å². The Balaban J connectivity index is 0.00000220. The highest BCUT2D eigenvalue weighted by molar-refractivity contribution is 5.85. The third-order valence-electron chi connectivity index (χ3n) is 2.98. The number of alkyl halides is 3. The fraction of sp³-hybridized carbons (Fsp3) is 0.500. The Kier molecular flexibility index (Phi) is 5.79. The summed E-state index contributed by atoms with van der Waals surface area (Å²) in [6, 6.07) is 2.94. The maximum Gasteiger partial charge on any atom is 0.435 e. The number of hydrogen-bond donors (Lipinski definition) is 1. The number of aromatic nitrogens is 4. The van der Waals surface area contributed by atoms with Crippen molar-refractivity contribution in [3.05, 3.63) is 35.4 Å². The van der Waals surface area contributed by atoms with Gasteiger partial charge in [0.2, 0.25) is 0 Å². The van der Waals surface area contributed by atoms with E-state index in [0.29, 0.717) is 18.8 Å². The van der Waals surface area contributed by atoms with E-state index in [1.807, 2.05) is 17.7 Å². The molecular weight excluding hydrogens is 307 g/mol. The van der Waals surface area contributed by atoms with E-state index in [0.717, 1.165) is 18.3 Å². The Labute approximate surface area is 126 Å². The molecule has 0 radical (unpaired) electrons. The molecule has 2 aromatic rings. The number of aryl methyl sites for hydroxylation is 2. The van der Waals surface area contributed by atoms with E-state index in [2.05, 4.69) is 15.5 Å². The van der Waals surface area contributed by atoms with E-state index in [-0.39, 0.29) is 12.4 Å². The van der Waals surface area contributed by atoms with Crippen LogP contribution in [-0.4, -0.2) is 19.6 Å². The van der Waals surface area contributed by atoms with Crippen LogP contribution in [0.5, 0.6) is 0 Å². The van der Waals surface area contributed by atoms with Gasteiger partial charge >= 0.3 is 6.18 Å². The monoisotopic (exact) mass is 323 g/mol. The molecule has 0 aliphatic carbocycles. The second kappa shape index (κ2) is 6.95. The molecule has 0 amide bonds. The standard InChI is InChI=1S/C12H16F3N5.ClH/c1-3-20-9(4-5-17-20)7-16-8-10-6-11(12(13,14)15)18-19(10)2;/h4-6,16H,3,7-8H2,1-2H3;1H. The van der Waals surface area contributed by atoms with Crippen molar-refractivity contribution in [3.8, 4) is 0 Å². The van der Waals surface area contributed by atoms with Gasteiger partial charge in [-0.15, -0.1) is 12.4 Å². The molecule has 0 spiro atoms. The number of halogens is 4. The van der Waals surface area contributed by atoms with Crippen molar-refractivity contribution in [3.63, 3.8) is 0 Å². The molecule has 2 aromatic heterocycles. The van der Waals surface area contributed by atoms with Crippen molar-refractivity contribution in [2.24, 2.45) is 7.05 Å². The highest BCUT2D eigenvalue weighted by Gasteiger charge is 2.34. The average molecular weight is 324 g/mol. The first-order chi connectivity index (χ1) is 9.41. The van der Waals surface area contributed by atoms with E-state index in [1.165, 1.54) is 11.7 Å². The molecule has 0 aliphatic rings. The maximum absolute atomic E-state index is 12.5. The van der Waals surface area contributed by atoms with Gasteiger partial charge in [0.15, 0.2) is 5.69 Å². The van der Waals surface area contributed by atoms with Gasteiger partial charge < -0.3 is 5.32 Å². The lowest BCUT2D eigenvalue weighted by atomic mass is 10.3. The first-order valence-electron chi connectivity index (χ1n) is 6.23. The SMILES string of the molecule is CCn1nccc1CNCc1cc(C(F)(F)F)nn1C.Cl. The maximum atomic E-state index is 12.5. The van der Waals surface area contributed by atoms with E-state index in [1.54, 1.807) is 6.20 Å². The normalized spacial score (nSPS) is 11.5. The second-order valence-electron chi connectivity index (χ2n) is 4.38. The van der Waals surface area contributed by atoms with Crippen molar-refractivity contribution < 1.29 is 13.2 Å². The van der Waals surface area contributed by atoms with Crippen LogP contribution in [0.4, 0.5) is 13.2 Å². The molecule has 0 fully saturated rings. The quantitative estimate of drug-likeness (QED) is 0.919. The van der Waals surface area contributed by atoms with Crippen LogP contribution in [-0.2, 0) is 32.9 Å². The van der Waals surface area contributed by atoms with E-state index in [9.17, 15) is 13.2 Å². The smallest absolute Gasteiger partial charge is 0.306 e. The molecule has 1 N–H and O–H groups in total. The predicted molar refractivity (Wildman–Crippen MR) is 73.9 cm³/mol. The third kappa shape index (κ3) is 4.21. The summed E-state index contributed by atoms with van der Waals surface area (Å²) in [5, 5.41) is 10.7. The molecule has 0 bridgehead atoms. The number of rotatable bonds is 5. The molecule has 21 heavy (non-hydrogen) atoms. The summed E-state index contributed by atoms with van der Waals surface area (Å²) in [6.45, 7) is 3.59. The van der Waals surface area contributed by atoms with Gasteiger partial charge in [0.1, 0.15) is 0 Å². The fourth-order valence-corrected chi connectivity index (χ4v) is 1.92. The predicted octanol–water partition coefficient (Wildman–Crippen LogP) is 2.37. The van der Waals surface area contributed by atoms with Crippen LogP contribution in [0.3, 0.4) is 0 Å². The van der Waals surface area contributed by atoms with Gasteiger partial charge in [0.05, 0.1) is 11.4 Å². The lowest BCUT2D eigenvalue weighted by molar-refractivity contribution is -0.141. The Bertz CT molecular complexity index is 576. The molecule has 0 unspecified atom stereocenters. The van der Waals surface area contributed by atoms with Crippen LogP contribution in [0.1, 0.15) is 24.0 Å². The minimum Gasteiger partial charge on any atom is -0.306 e. The van der Waals surface area contributed by atoms with E-state index in [4.69, 9.17) is 0 Å². The minimum atomic E-state index is -4.41. The van der Waals surface area contributed by atoms with Crippen LogP contribution in [0.2, 0.25) is 0 Å².